The van der Waals surface area contributed by atoms with Crippen LogP contribution in [-0.2, 0) is 11.8 Å². The third-order valence-electron chi connectivity index (χ3n) is 5.27. The van der Waals surface area contributed by atoms with Gasteiger partial charge in [0.15, 0.2) is 11.6 Å². The number of ether oxygens (including phenoxy) is 1. The molecule has 0 saturated carbocycles. The number of aromatic amines is 1. The van der Waals surface area contributed by atoms with Crippen LogP contribution in [0.1, 0.15) is 10.4 Å². The molecule has 9 nitrogen and oxygen atoms in total. The summed E-state index contributed by atoms with van der Waals surface area (Å²) in [6.07, 6.45) is 1.83. The number of para-hydroxylation sites is 2. The second-order valence-corrected chi connectivity index (χ2v) is 7.26. The first-order valence-electron chi connectivity index (χ1n) is 9.65. The molecule has 0 radical (unpaired) electrons. The number of carbonyl (C=O) groups is 1. The Morgan fingerprint density at radius 3 is 2.80 bits per heavy atom. The molecule has 1 amide bonds. The highest BCUT2D eigenvalue weighted by atomic mass is 16.5. The van der Waals surface area contributed by atoms with E-state index in [-0.39, 0.29) is 12.0 Å². The van der Waals surface area contributed by atoms with Crippen molar-refractivity contribution in [1.29, 1.82) is 0 Å². The fourth-order valence-corrected chi connectivity index (χ4v) is 3.49. The molecule has 9 heteroatoms. The Morgan fingerprint density at radius 1 is 1.23 bits per heavy atom. The van der Waals surface area contributed by atoms with Crippen molar-refractivity contribution < 1.29 is 9.53 Å². The number of hydrogen-bond donors (Lipinski definition) is 2. The highest BCUT2D eigenvalue weighted by molar-refractivity contribution is 6.03. The Labute approximate surface area is 172 Å². The fraction of sp³-hybridized carbons (Fsp3) is 0.238. The maximum absolute atomic E-state index is 12.6. The number of nitrogens with one attached hydrogen (secondary N) is 2. The fourth-order valence-electron chi connectivity index (χ4n) is 3.49. The Bertz CT molecular complexity index is 1170. The summed E-state index contributed by atoms with van der Waals surface area (Å²) in [7, 11) is 3.52. The molecule has 1 aliphatic heterocycles. The van der Waals surface area contributed by atoms with Gasteiger partial charge in [-0.3, -0.25) is 9.48 Å². The topological polar surface area (TPSA) is 101 Å². The van der Waals surface area contributed by atoms with Gasteiger partial charge in [-0.25, -0.2) is 9.97 Å². The van der Waals surface area contributed by atoms with Crippen molar-refractivity contribution in [2.24, 2.45) is 7.05 Å². The third-order valence-corrected chi connectivity index (χ3v) is 5.27. The SMILES string of the molecule is COC1CN(c2ccc(C(=O)Nc3cc(-c4nc5ccccc5[nH]4)n(C)n3)cn2)C1. The Kier molecular flexibility index (Phi) is 4.44. The molecule has 4 aromatic rings. The Hall–Kier alpha value is -3.72. The molecule has 4 heterocycles. The zero-order valence-corrected chi connectivity index (χ0v) is 16.7. The standard InChI is InChI=1S/C21H21N7O2/c1-27-17(20-23-15-5-3-4-6-16(15)24-20)9-18(26-27)25-21(29)13-7-8-19(22-10-13)28-11-14(12-28)30-2/h3-10,14H,11-12H2,1-2H3,(H,23,24)(H,25,26,29). The molecule has 0 spiro atoms. The third kappa shape index (κ3) is 3.29. The van der Waals surface area contributed by atoms with Crippen LogP contribution >= 0.6 is 0 Å². The van der Waals surface area contributed by atoms with Crippen LogP contribution < -0.4 is 10.2 Å². The van der Waals surface area contributed by atoms with Crippen LogP contribution in [0.2, 0.25) is 0 Å². The van der Waals surface area contributed by atoms with E-state index in [9.17, 15) is 4.79 Å². The second kappa shape index (κ2) is 7.27. The molecule has 1 aliphatic rings. The first-order chi connectivity index (χ1) is 14.6. The number of aromatic nitrogens is 5. The van der Waals surface area contributed by atoms with Crippen LogP contribution in [0.4, 0.5) is 11.6 Å². The number of nitrogens with zero attached hydrogens (tertiary/aromatic N) is 5. The zero-order valence-electron chi connectivity index (χ0n) is 16.7. The summed E-state index contributed by atoms with van der Waals surface area (Å²) in [5.41, 5.74) is 3.08. The van der Waals surface area contributed by atoms with E-state index in [4.69, 9.17) is 4.74 Å². The van der Waals surface area contributed by atoms with Crippen molar-refractivity contribution in [3.63, 3.8) is 0 Å². The number of pyridine rings is 1. The monoisotopic (exact) mass is 403 g/mol. The lowest BCUT2D eigenvalue weighted by Crippen LogP contribution is -2.52. The van der Waals surface area contributed by atoms with Crippen LogP contribution in [0.5, 0.6) is 0 Å². The minimum Gasteiger partial charge on any atom is -0.378 e. The number of fused-ring (bicyclic) bond motifs is 1. The normalized spacial score (nSPS) is 14.1. The summed E-state index contributed by atoms with van der Waals surface area (Å²) in [6.45, 7) is 1.63. The number of benzene rings is 1. The molecule has 30 heavy (non-hydrogen) atoms. The number of methoxy groups -OCH3 is 1. The van der Waals surface area contributed by atoms with Crippen molar-refractivity contribution in [1.82, 2.24) is 24.7 Å². The summed E-state index contributed by atoms with van der Waals surface area (Å²) >= 11 is 0. The van der Waals surface area contributed by atoms with Gasteiger partial charge in [0.2, 0.25) is 0 Å². The minimum absolute atomic E-state index is 0.250. The maximum Gasteiger partial charge on any atom is 0.258 e. The van der Waals surface area contributed by atoms with E-state index in [1.807, 2.05) is 37.4 Å². The Balaban J connectivity index is 1.30. The predicted octanol–water partition coefficient (Wildman–Crippen LogP) is 2.45. The molecule has 2 N–H and O–H groups in total. The molecule has 5 rings (SSSR count). The molecule has 152 valence electrons. The van der Waals surface area contributed by atoms with Crippen molar-refractivity contribution in [3.05, 3.63) is 54.2 Å². The van der Waals surface area contributed by atoms with E-state index in [2.05, 4.69) is 30.3 Å². The van der Waals surface area contributed by atoms with Crippen LogP contribution in [0.15, 0.2) is 48.7 Å². The van der Waals surface area contributed by atoms with Crippen LogP contribution in [0.25, 0.3) is 22.6 Å². The average molecular weight is 403 g/mol. The lowest BCUT2D eigenvalue weighted by atomic mass is 10.1. The smallest absolute Gasteiger partial charge is 0.258 e. The molecule has 1 aromatic carbocycles. The second-order valence-electron chi connectivity index (χ2n) is 7.26. The Morgan fingerprint density at radius 2 is 2.07 bits per heavy atom. The maximum atomic E-state index is 12.6. The first kappa shape index (κ1) is 18.3. The molecular formula is C21H21N7O2. The van der Waals surface area contributed by atoms with E-state index in [1.54, 1.807) is 30.1 Å². The lowest BCUT2D eigenvalue weighted by molar-refractivity contribution is 0.0783. The van der Waals surface area contributed by atoms with Crippen LogP contribution in [-0.4, -0.2) is 56.9 Å². The van der Waals surface area contributed by atoms with Crippen LogP contribution in [0, 0.1) is 0 Å². The van der Waals surface area contributed by atoms with E-state index in [0.717, 1.165) is 35.6 Å². The molecule has 0 bridgehead atoms. The van der Waals surface area contributed by atoms with E-state index in [0.29, 0.717) is 17.2 Å². The van der Waals surface area contributed by atoms with Gasteiger partial charge < -0.3 is 19.9 Å². The number of anilines is 2. The molecule has 0 unspecified atom stereocenters. The van der Waals surface area contributed by atoms with Crippen LogP contribution in [0.3, 0.4) is 0 Å². The molecule has 1 fully saturated rings. The molecule has 1 saturated heterocycles. The molecular weight excluding hydrogens is 382 g/mol. The largest absolute Gasteiger partial charge is 0.378 e. The number of H-pyrrole nitrogens is 1. The van der Waals surface area contributed by atoms with E-state index < -0.39 is 0 Å². The van der Waals surface area contributed by atoms with Gasteiger partial charge in [0.05, 0.1) is 22.7 Å². The van der Waals surface area contributed by atoms with Gasteiger partial charge in [0, 0.05) is 39.5 Å². The van der Waals surface area contributed by atoms with Gasteiger partial charge in [0.25, 0.3) is 5.91 Å². The molecule has 0 atom stereocenters. The number of amides is 1. The zero-order chi connectivity index (χ0) is 20.7. The van der Waals surface area contributed by atoms with Crippen molar-refractivity contribution in [3.8, 4) is 11.5 Å². The summed E-state index contributed by atoms with van der Waals surface area (Å²) in [5, 5.41) is 7.22. The van der Waals surface area contributed by atoms with Gasteiger partial charge in [-0.1, -0.05) is 12.1 Å². The number of carbonyl (C=O) groups excluding carboxylic acids is 1. The quantitative estimate of drug-likeness (QED) is 0.531. The summed E-state index contributed by atoms with van der Waals surface area (Å²) < 4.78 is 6.96. The van der Waals surface area contributed by atoms with Gasteiger partial charge in [-0.05, 0) is 24.3 Å². The van der Waals surface area contributed by atoms with Gasteiger partial charge in [-0.15, -0.1) is 0 Å². The summed E-state index contributed by atoms with van der Waals surface area (Å²) in [5.74, 6) is 1.72. The van der Waals surface area contributed by atoms with E-state index >= 15 is 0 Å². The first-order valence-corrected chi connectivity index (χ1v) is 9.65. The summed E-state index contributed by atoms with van der Waals surface area (Å²) in [4.78, 5) is 27.0. The van der Waals surface area contributed by atoms with Gasteiger partial charge in [-0.2, -0.15) is 5.10 Å². The number of aryl methyl sites for hydroxylation is 1. The molecule has 3 aromatic heterocycles. The number of rotatable bonds is 5. The highest BCUT2D eigenvalue weighted by Gasteiger charge is 2.27. The van der Waals surface area contributed by atoms with Crippen molar-refractivity contribution in [2.45, 2.75) is 6.10 Å². The average Bonchev–Trinajstić information content (AvgIpc) is 3.30. The lowest BCUT2D eigenvalue weighted by Gasteiger charge is -2.38. The van der Waals surface area contributed by atoms with E-state index in [1.165, 1.54) is 0 Å². The molecule has 0 aliphatic carbocycles. The highest BCUT2D eigenvalue weighted by Crippen LogP contribution is 2.23. The number of hydrogen-bond acceptors (Lipinski definition) is 6. The predicted molar refractivity (Wildman–Crippen MR) is 113 cm³/mol. The minimum atomic E-state index is -0.262. The van der Waals surface area contributed by atoms with Crippen molar-refractivity contribution in [2.75, 3.05) is 30.4 Å². The van der Waals surface area contributed by atoms with Gasteiger partial charge in [0.1, 0.15) is 11.5 Å². The van der Waals surface area contributed by atoms with Gasteiger partial charge >= 0.3 is 0 Å². The van der Waals surface area contributed by atoms with Crippen molar-refractivity contribution >= 4 is 28.6 Å². The number of imidazole rings is 1. The summed E-state index contributed by atoms with van der Waals surface area (Å²) in [6, 6.07) is 13.2.